The number of hydrogen-bond acceptors (Lipinski definition) is 5. The quantitative estimate of drug-likeness (QED) is 0.506. The maximum absolute atomic E-state index is 12.3. The standard InChI is InChI=1S/C21H25NO5/c1-3-13-27-21(24)17-5-9-18(10-6-17)22-20(23)16-7-11-19(12-8-16)26-15-14-25-4-2/h5-12H,3-4,13-15H2,1-2H3,(H,22,23). The molecule has 0 bridgehead atoms. The average molecular weight is 371 g/mol. The smallest absolute Gasteiger partial charge is 0.338 e. The van der Waals surface area contributed by atoms with Crippen molar-refractivity contribution >= 4 is 17.6 Å². The van der Waals surface area contributed by atoms with Gasteiger partial charge in [0.2, 0.25) is 0 Å². The van der Waals surface area contributed by atoms with Crippen LogP contribution in [0.25, 0.3) is 0 Å². The van der Waals surface area contributed by atoms with Gasteiger partial charge in [0.15, 0.2) is 0 Å². The van der Waals surface area contributed by atoms with Crippen molar-refractivity contribution in [3.8, 4) is 5.75 Å². The fraction of sp³-hybridized carbons (Fsp3) is 0.333. The van der Waals surface area contributed by atoms with Gasteiger partial charge in [0.1, 0.15) is 12.4 Å². The molecule has 144 valence electrons. The van der Waals surface area contributed by atoms with Crippen LogP contribution in [-0.2, 0) is 9.47 Å². The monoisotopic (exact) mass is 371 g/mol. The first kappa shape index (κ1) is 20.5. The Kier molecular flexibility index (Phi) is 8.32. The number of carbonyl (C=O) groups is 2. The van der Waals surface area contributed by atoms with Gasteiger partial charge in [0.25, 0.3) is 5.91 Å². The predicted molar refractivity (Wildman–Crippen MR) is 103 cm³/mol. The van der Waals surface area contributed by atoms with E-state index >= 15 is 0 Å². The van der Waals surface area contributed by atoms with Gasteiger partial charge in [-0.15, -0.1) is 0 Å². The minimum Gasteiger partial charge on any atom is -0.491 e. The van der Waals surface area contributed by atoms with Crippen LogP contribution in [0.4, 0.5) is 5.69 Å². The van der Waals surface area contributed by atoms with Crippen LogP contribution in [-0.4, -0.2) is 38.3 Å². The molecule has 2 aromatic rings. The minimum atomic E-state index is -0.366. The summed E-state index contributed by atoms with van der Waals surface area (Å²) in [5.41, 5.74) is 1.57. The molecule has 1 N–H and O–H groups in total. The molecule has 0 radical (unpaired) electrons. The highest BCUT2D eigenvalue weighted by molar-refractivity contribution is 6.04. The summed E-state index contributed by atoms with van der Waals surface area (Å²) in [6.07, 6.45) is 0.774. The topological polar surface area (TPSA) is 73.9 Å². The number of nitrogens with one attached hydrogen (secondary N) is 1. The molecule has 27 heavy (non-hydrogen) atoms. The van der Waals surface area contributed by atoms with E-state index in [0.717, 1.165) is 6.42 Å². The van der Waals surface area contributed by atoms with Crippen molar-refractivity contribution in [1.82, 2.24) is 0 Å². The van der Waals surface area contributed by atoms with Gasteiger partial charge in [-0.3, -0.25) is 4.79 Å². The SMILES string of the molecule is CCCOC(=O)c1ccc(NC(=O)c2ccc(OCCOCC)cc2)cc1. The Balaban J connectivity index is 1.88. The van der Waals surface area contributed by atoms with Crippen LogP contribution in [0.5, 0.6) is 5.75 Å². The Morgan fingerprint density at radius 1 is 0.852 bits per heavy atom. The first-order chi connectivity index (χ1) is 13.1. The lowest BCUT2D eigenvalue weighted by molar-refractivity contribution is 0.0505. The third-order valence-electron chi connectivity index (χ3n) is 3.63. The lowest BCUT2D eigenvalue weighted by Crippen LogP contribution is -2.12. The fourth-order valence-corrected chi connectivity index (χ4v) is 2.24. The van der Waals surface area contributed by atoms with E-state index in [4.69, 9.17) is 14.2 Å². The van der Waals surface area contributed by atoms with E-state index in [9.17, 15) is 9.59 Å². The fourth-order valence-electron chi connectivity index (χ4n) is 2.24. The largest absolute Gasteiger partial charge is 0.491 e. The third-order valence-corrected chi connectivity index (χ3v) is 3.63. The molecule has 0 saturated carbocycles. The zero-order valence-electron chi connectivity index (χ0n) is 15.7. The number of rotatable bonds is 10. The summed E-state index contributed by atoms with van der Waals surface area (Å²) in [7, 11) is 0. The summed E-state index contributed by atoms with van der Waals surface area (Å²) in [6, 6.07) is 13.5. The van der Waals surface area contributed by atoms with Gasteiger partial charge in [-0.25, -0.2) is 4.79 Å². The Morgan fingerprint density at radius 3 is 2.15 bits per heavy atom. The normalized spacial score (nSPS) is 10.3. The molecule has 0 aliphatic rings. The van der Waals surface area contributed by atoms with Crippen LogP contribution < -0.4 is 10.1 Å². The van der Waals surface area contributed by atoms with Crippen LogP contribution >= 0.6 is 0 Å². The molecule has 1 amide bonds. The summed E-state index contributed by atoms with van der Waals surface area (Å²) in [5, 5.41) is 2.80. The second-order valence-electron chi connectivity index (χ2n) is 5.74. The Labute approximate surface area is 159 Å². The molecule has 2 rings (SSSR count). The molecule has 6 nitrogen and oxygen atoms in total. The maximum atomic E-state index is 12.3. The molecule has 0 atom stereocenters. The van der Waals surface area contributed by atoms with Crippen LogP contribution in [0.2, 0.25) is 0 Å². The van der Waals surface area contributed by atoms with Crippen molar-refractivity contribution in [2.24, 2.45) is 0 Å². The maximum Gasteiger partial charge on any atom is 0.338 e. The second-order valence-corrected chi connectivity index (χ2v) is 5.74. The van der Waals surface area contributed by atoms with Crippen molar-refractivity contribution in [2.75, 3.05) is 31.7 Å². The first-order valence-electron chi connectivity index (χ1n) is 9.03. The molecular weight excluding hydrogens is 346 g/mol. The molecule has 0 aliphatic carbocycles. The van der Waals surface area contributed by atoms with Crippen molar-refractivity contribution in [2.45, 2.75) is 20.3 Å². The Bertz CT molecular complexity index is 725. The van der Waals surface area contributed by atoms with Crippen molar-refractivity contribution in [1.29, 1.82) is 0 Å². The average Bonchev–Trinajstić information content (AvgIpc) is 2.70. The molecule has 6 heteroatoms. The van der Waals surface area contributed by atoms with Crippen molar-refractivity contribution in [3.05, 3.63) is 59.7 Å². The van der Waals surface area contributed by atoms with Gasteiger partial charge < -0.3 is 19.5 Å². The van der Waals surface area contributed by atoms with E-state index < -0.39 is 0 Å². The summed E-state index contributed by atoms with van der Waals surface area (Å²) >= 11 is 0. The number of carbonyl (C=O) groups excluding carboxylic acids is 2. The number of amides is 1. The van der Waals surface area contributed by atoms with Gasteiger partial charge in [0.05, 0.1) is 18.8 Å². The number of anilines is 1. The van der Waals surface area contributed by atoms with Crippen molar-refractivity contribution < 1.29 is 23.8 Å². The van der Waals surface area contributed by atoms with Gasteiger partial charge >= 0.3 is 5.97 Å². The van der Waals surface area contributed by atoms with Crippen LogP contribution in [0.3, 0.4) is 0 Å². The summed E-state index contributed by atoms with van der Waals surface area (Å²) in [5.74, 6) is 0.0769. The lowest BCUT2D eigenvalue weighted by atomic mass is 10.1. The zero-order chi connectivity index (χ0) is 19.5. The molecule has 0 fully saturated rings. The van der Waals surface area contributed by atoms with Crippen molar-refractivity contribution in [3.63, 3.8) is 0 Å². The van der Waals surface area contributed by atoms with Gasteiger partial charge in [-0.2, -0.15) is 0 Å². The van der Waals surface area contributed by atoms with E-state index in [0.29, 0.717) is 49.0 Å². The summed E-state index contributed by atoms with van der Waals surface area (Å²) in [6.45, 7) is 5.91. The molecule has 0 heterocycles. The number of hydrogen-bond donors (Lipinski definition) is 1. The van der Waals surface area contributed by atoms with Gasteiger partial charge in [-0.05, 0) is 61.9 Å². The molecule has 0 aromatic heterocycles. The predicted octanol–water partition coefficient (Wildman–Crippen LogP) is 3.92. The highest BCUT2D eigenvalue weighted by atomic mass is 16.5. The number of esters is 1. The molecule has 0 saturated heterocycles. The zero-order valence-corrected chi connectivity index (χ0v) is 15.7. The molecule has 0 spiro atoms. The van der Waals surface area contributed by atoms with Gasteiger partial charge in [-0.1, -0.05) is 6.92 Å². The van der Waals surface area contributed by atoms with E-state index in [1.165, 1.54) is 0 Å². The van der Waals surface area contributed by atoms with E-state index in [2.05, 4.69) is 5.32 Å². The van der Waals surface area contributed by atoms with E-state index in [1.54, 1.807) is 48.5 Å². The second kappa shape index (κ2) is 11.0. The number of benzene rings is 2. The molecule has 0 unspecified atom stereocenters. The minimum absolute atomic E-state index is 0.239. The number of ether oxygens (including phenoxy) is 3. The van der Waals surface area contributed by atoms with Gasteiger partial charge in [0, 0.05) is 17.9 Å². The van der Waals surface area contributed by atoms with Crippen LogP contribution in [0.15, 0.2) is 48.5 Å². The van der Waals surface area contributed by atoms with Crippen LogP contribution in [0.1, 0.15) is 41.0 Å². The molecule has 2 aromatic carbocycles. The molecular formula is C21H25NO5. The summed E-state index contributed by atoms with van der Waals surface area (Å²) < 4.78 is 15.8. The molecule has 0 aliphatic heterocycles. The lowest BCUT2D eigenvalue weighted by Gasteiger charge is -2.09. The van der Waals surface area contributed by atoms with Crippen LogP contribution in [0, 0.1) is 0 Å². The Morgan fingerprint density at radius 2 is 1.52 bits per heavy atom. The first-order valence-corrected chi connectivity index (χ1v) is 9.03. The van der Waals surface area contributed by atoms with E-state index in [1.807, 2.05) is 13.8 Å². The third kappa shape index (κ3) is 6.75. The highest BCUT2D eigenvalue weighted by Crippen LogP contribution is 2.15. The summed E-state index contributed by atoms with van der Waals surface area (Å²) in [4.78, 5) is 24.1. The van der Waals surface area contributed by atoms with E-state index in [-0.39, 0.29) is 11.9 Å². The Hall–Kier alpha value is -2.86. The highest BCUT2D eigenvalue weighted by Gasteiger charge is 2.09.